The van der Waals surface area contributed by atoms with Crippen molar-refractivity contribution in [1.82, 2.24) is 0 Å². The molecule has 2 rings (SSSR count). The van der Waals surface area contributed by atoms with Gasteiger partial charge in [-0.1, -0.05) is 51.0 Å². The van der Waals surface area contributed by atoms with Crippen molar-refractivity contribution in [3.05, 3.63) is 35.4 Å². The van der Waals surface area contributed by atoms with Crippen molar-refractivity contribution in [3.63, 3.8) is 0 Å². The normalized spacial score (nSPS) is 27.9. The third-order valence-corrected chi connectivity index (χ3v) is 4.25. The maximum Gasteiger partial charge on any atom is -0.0157 e. The zero-order valence-electron chi connectivity index (χ0n) is 10.2. The Morgan fingerprint density at radius 2 is 1.93 bits per heavy atom. The van der Waals surface area contributed by atoms with Crippen molar-refractivity contribution >= 4 is 0 Å². The van der Waals surface area contributed by atoms with Gasteiger partial charge < -0.3 is 0 Å². The van der Waals surface area contributed by atoms with Gasteiger partial charge in [0.2, 0.25) is 0 Å². The Bertz CT molecular complexity index is 327. The molecule has 0 nitrogen and oxygen atoms in total. The lowest BCUT2D eigenvalue weighted by atomic mass is 9.80. The molecule has 0 saturated heterocycles. The van der Waals surface area contributed by atoms with Crippen LogP contribution in [0.5, 0.6) is 0 Å². The number of hydrogen-bond donors (Lipinski definition) is 0. The van der Waals surface area contributed by atoms with Crippen LogP contribution in [0.15, 0.2) is 24.3 Å². The largest absolute Gasteiger partial charge is 0.0622 e. The third kappa shape index (κ3) is 2.09. The van der Waals surface area contributed by atoms with Crippen LogP contribution in [0.3, 0.4) is 0 Å². The molecule has 0 bridgehead atoms. The van der Waals surface area contributed by atoms with E-state index in [2.05, 4.69) is 45.0 Å². The van der Waals surface area contributed by atoms with Gasteiger partial charge in [-0.25, -0.2) is 0 Å². The summed E-state index contributed by atoms with van der Waals surface area (Å²) in [6, 6.07) is 8.87. The second-order valence-corrected chi connectivity index (χ2v) is 5.22. The molecule has 3 atom stereocenters. The van der Waals surface area contributed by atoms with E-state index in [1.54, 1.807) is 5.56 Å². The van der Waals surface area contributed by atoms with Gasteiger partial charge >= 0.3 is 0 Å². The van der Waals surface area contributed by atoms with Gasteiger partial charge in [0.05, 0.1) is 0 Å². The van der Waals surface area contributed by atoms with Gasteiger partial charge in [-0.2, -0.15) is 0 Å². The average Bonchev–Trinajstić information content (AvgIpc) is 2.64. The Morgan fingerprint density at radius 3 is 2.53 bits per heavy atom. The fourth-order valence-electron chi connectivity index (χ4n) is 3.25. The highest BCUT2D eigenvalue weighted by atomic mass is 14.3. The summed E-state index contributed by atoms with van der Waals surface area (Å²) >= 11 is 0. The third-order valence-electron chi connectivity index (χ3n) is 4.25. The fraction of sp³-hybridized carbons (Fsp3) is 0.600. The molecule has 0 aromatic heterocycles. The number of benzene rings is 1. The molecule has 0 heteroatoms. The Hall–Kier alpha value is -0.780. The number of rotatable bonds is 2. The predicted molar refractivity (Wildman–Crippen MR) is 66.1 cm³/mol. The predicted octanol–water partition coefficient (Wildman–Crippen LogP) is 4.53. The standard InChI is InChI=1S/C15H22/c1-11-7-4-5-9-14(11)13(3)15-10-6-8-12(15)2/h4-5,7,9,12-13,15H,6,8,10H2,1-3H3/t12?,13-,15?/m1/s1. The molecule has 1 aliphatic rings. The van der Waals surface area contributed by atoms with Crippen molar-refractivity contribution in [2.75, 3.05) is 0 Å². The second-order valence-electron chi connectivity index (χ2n) is 5.22. The molecular weight excluding hydrogens is 180 g/mol. The molecule has 1 saturated carbocycles. The summed E-state index contributed by atoms with van der Waals surface area (Å²) in [5, 5.41) is 0. The summed E-state index contributed by atoms with van der Waals surface area (Å²) < 4.78 is 0. The first-order valence-electron chi connectivity index (χ1n) is 6.25. The lowest BCUT2D eigenvalue weighted by molar-refractivity contribution is 0.361. The van der Waals surface area contributed by atoms with E-state index in [1.165, 1.54) is 24.8 Å². The first kappa shape index (κ1) is 10.7. The average molecular weight is 202 g/mol. The molecule has 0 amide bonds. The van der Waals surface area contributed by atoms with E-state index in [1.807, 2.05) is 0 Å². The maximum atomic E-state index is 2.42. The molecular formula is C15H22. The van der Waals surface area contributed by atoms with E-state index in [9.17, 15) is 0 Å². The van der Waals surface area contributed by atoms with Gasteiger partial charge in [0.25, 0.3) is 0 Å². The van der Waals surface area contributed by atoms with Crippen LogP contribution in [0.4, 0.5) is 0 Å². The molecule has 1 aromatic carbocycles. The molecule has 0 radical (unpaired) electrons. The molecule has 1 fully saturated rings. The van der Waals surface area contributed by atoms with Crippen molar-refractivity contribution in [2.24, 2.45) is 11.8 Å². The minimum absolute atomic E-state index is 0.740. The lowest BCUT2D eigenvalue weighted by Gasteiger charge is -2.25. The van der Waals surface area contributed by atoms with Crippen LogP contribution in [0.25, 0.3) is 0 Å². The highest BCUT2D eigenvalue weighted by Crippen LogP contribution is 2.41. The molecule has 82 valence electrons. The van der Waals surface area contributed by atoms with Crippen LogP contribution in [0, 0.1) is 18.8 Å². The summed E-state index contributed by atoms with van der Waals surface area (Å²) in [7, 11) is 0. The molecule has 0 aliphatic heterocycles. The molecule has 0 N–H and O–H groups in total. The smallest absolute Gasteiger partial charge is 0.0157 e. The molecule has 1 aliphatic carbocycles. The van der Waals surface area contributed by atoms with Gasteiger partial charge in [0, 0.05) is 0 Å². The van der Waals surface area contributed by atoms with Crippen molar-refractivity contribution in [2.45, 2.75) is 46.0 Å². The van der Waals surface area contributed by atoms with E-state index in [0.717, 1.165) is 17.8 Å². The van der Waals surface area contributed by atoms with E-state index in [4.69, 9.17) is 0 Å². The van der Waals surface area contributed by atoms with Crippen LogP contribution < -0.4 is 0 Å². The number of hydrogen-bond acceptors (Lipinski definition) is 0. The second kappa shape index (κ2) is 4.38. The quantitative estimate of drug-likeness (QED) is 0.660. The molecule has 0 spiro atoms. The Balaban J connectivity index is 2.20. The summed E-state index contributed by atoms with van der Waals surface area (Å²) in [4.78, 5) is 0. The van der Waals surface area contributed by atoms with E-state index < -0.39 is 0 Å². The van der Waals surface area contributed by atoms with Gasteiger partial charge in [-0.3, -0.25) is 0 Å². The first-order valence-corrected chi connectivity index (χ1v) is 6.25. The minimum atomic E-state index is 0.740. The number of aryl methyl sites for hydroxylation is 1. The van der Waals surface area contributed by atoms with E-state index in [-0.39, 0.29) is 0 Å². The zero-order valence-corrected chi connectivity index (χ0v) is 10.2. The Kier molecular flexibility index (Phi) is 3.14. The van der Waals surface area contributed by atoms with Crippen LogP contribution in [0.2, 0.25) is 0 Å². The molecule has 2 unspecified atom stereocenters. The highest BCUT2D eigenvalue weighted by molar-refractivity contribution is 5.29. The molecule has 0 heterocycles. The monoisotopic (exact) mass is 202 g/mol. The van der Waals surface area contributed by atoms with Crippen molar-refractivity contribution < 1.29 is 0 Å². The lowest BCUT2D eigenvalue weighted by Crippen LogP contribution is -2.13. The van der Waals surface area contributed by atoms with Crippen LogP contribution in [-0.4, -0.2) is 0 Å². The van der Waals surface area contributed by atoms with Gasteiger partial charge in [-0.05, 0) is 42.2 Å². The molecule has 1 aromatic rings. The van der Waals surface area contributed by atoms with Crippen LogP contribution in [-0.2, 0) is 0 Å². The van der Waals surface area contributed by atoms with Crippen LogP contribution >= 0.6 is 0 Å². The van der Waals surface area contributed by atoms with Gasteiger partial charge in [0.1, 0.15) is 0 Å². The topological polar surface area (TPSA) is 0 Å². The van der Waals surface area contributed by atoms with E-state index in [0.29, 0.717) is 0 Å². The molecule has 15 heavy (non-hydrogen) atoms. The first-order chi connectivity index (χ1) is 7.20. The van der Waals surface area contributed by atoms with Crippen molar-refractivity contribution in [1.29, 1.82) is 0 Å². The Morgan fingerprint density at radius 1 is 1.20 bits per heavy atom. The van der Waals surface area contributed by atoms with Crippen LogP contribution in [0.1, 0.15) is 50.2 Å². The fourth-order valence-corrected chi connectivity index (χ4v) is 3.25. The Labute approximate surface area is 93.7 Å². The SMILES string of the molecule is Cc1ccccc1[C@@H](C)C1CCCC1C. The van der Waals surface area contributed by atoms with Gasteiger partial charge in [-0.15, -0.1) is 0 Å². The summed E-state index contributed by atoms with van der Waals surface area (Å²) in [5.41, 5.74) is 3.03. The van der Waals surface area contributed by atoms with E-state index >= 15 is 0 Å². The van der Waals surface area contributed by atoms with Gasteiger partial charge in [0.15, 0.2) is 0 Å². The summed E-state index contributed by atoms with van der Waals surface area (Å²) in [6.45, 7) is 7.08. The van der Waals surface area contributed by atoms with Crippen molar-refractivity contribution in [3.8, 4) is 0 Å². The summed E-state index contributed by atoms with van der Waals surface area (Å²) in [5.74, 6) is 2.56. The zero-order chi connectivity index (χ0) is 10.8. The minimum Gasteiger partial charge on any atom is -0.0622 e. The summed E-state index contributed by atoms with van der Waals surface area (Å²) in [6.07, 6.45) is 4.29. The maximum absolute atomic E-state index is 2.42. The highest BCUT2D eigenvalue weighted by Gasteiger charge is 2.29.